The molecule has 0 fully saturated rings. The van der Waals surface area contributed by atoms with Crippen LogP contribution in [0.3, 0.4) is 0 Å². The Balaban J connectivity index is 2.25. The Morgan fingerprint density at radius 3 is 2.60 bits per heavy atom. The Morgan fingerprint density at radius 1 is 1.15 bits per heavy atom. The first-order valence-corrected chi connectivity index (χ1v) is 6.60. The van der Waals surface area contributed by atoms with Crippen LogP contribution in [0, 0.1) is 16.5 Å². The molecule has 20 heavy (non-hydrogen) atoms. The molecule has 96 valence electrons. The van der Waals surface area contributed by atoms with Gasteiger partial charge in [-0.05, 0) is 40.2 Å². The Hall–Kier alpha value is -2.45. The Bertz CT molecular complexity index is 819. The smallest absolute Gasteiger partial charge is 0.274 e. The lowest BCUT2D eigenvalue weighted by Gasteiger charge is -2.03. The number of halogens is 1. The maximum atomic E-state index is 12.4. The van der Waals surface area contributed by atoms with Gasteiger partial charge in [-0.1, -0.05) is 12.1 Å². The van der Waals surface area contributed by atoms with E-state index >= 15 is 0 Å². The third-order valence-electron chi connectivity index (χ3n) is 3.14. The number of hydrogen-bond acceptors (Lipinski definition) is 3. The molecular weight excluding hydrogens is 320 g/mol. The van der Waals surface area contributed by atoms with Crippen LogP contribution in [0.25, 0.3) is 0 Å². The van der Waals surface area contributed by atoms with Crippen LogP contribution in [-0.4, -0.2) is 16.2 Å². The van der Waals surface area contributed by atoms with Crippen LogP contribution in [0.15, 0.2) is 46.9 Å². The van der Waals surface area contributed by atoms with Gasteiger partial charge in [-0.3, -0.25) is 4.79 Å². The zero-order valence-electron chi connectivity index (χ0n) is 10.1. The summed E-state index contributed by atoms with van der Waals surface area (Å²) in [6.07, 6.45) is 0. The van der Waals surface area contributed by atoms with Crippen molar-refractivity contribution in [1.29, 1.82) is 5.26 Å². The van der Waals surface area contributed by atoms with Gasteiger partial charge in [-0.15, -0.1) is 0 Å². The highest BCUT2D eigenvalue weighted by Gasteiger charge is 2.37. The lowest BCUT2D eigenvalue weighted by atomic mass is 10.0. The van der Waals surface area contributed by atoms with E-state index in [2.05, 4.69) is 15.9 Å². The van der Waals surface area contributed by atoms with Crippen molar-refractivity contribution in [1.82, 2.24) is 0 Å². The minimum Gasteiger partial charge on any atom is -0.618 e. The van der Waals surface area contributed by atoms with Gasteiger partial charge in [0.15, 0.2) is 0 Å². The second kappa shape index (κ2) is 4.58. The van der Waals surface area contributed by atoms with Crippen LogP contribution < -0.4 is 0 Å². The van der Waals surface area contributed by atoms with Gasteiger partial charge in [0, 0.05) is 10.5 Å². The van der Waals surface area contributed by atoms with Gasteiger partial charge in [0.1, 0.15) is 5.56 Å². The zero-order chi connectivity index (χ0) is 14.3. The molecule has 0 aromatic heterocycles. The number of benzene rings is 2. The van der Waals surface area contributed by atoms with Gasteiger partial charge in [0.05, 0.1) is 17.2 Å². The van der Waals surface area contributed by atoms with Gasteiger partial charge in [0.2, 0.25) is 5.69 Å². The third kappa shape index (κ3) is 1.74. The number of fused-ring (bicyclic) bond motifs is 1. The number of carbonyl (C=O) groups is 1. The highest BCUT2D eigenvalue weighted by Crippen LogP contribution is 2.30. The Kier molecular flexibility index (Phi) is 2.88. The van der Waals surface area contributed by atoms with Crippen molar-refractivity contribution in [3.63, 3.8) is 0 Å². The average molecular weight is 327 g/mol. The van der Waals surface area contributed by atoms with E-state index in [-0.39, 0.29) is 17.2 Å². The number of carbonyl (C=O) groups excluding carboxylic acids is 1. The molecular formula is C15H7BrN2O2. The van der Waals surface area contributed by atoms with Crippen molar-refractivity contribution < 1.29 is 9.53 Å². The van der Waals surface area contributed by atoms with Gasteiger partial charge in [0.25, 0.3) is 11.5 Å². The summed E-state index contributed by atoms with van der Waals surface area (Å²) in [5.41, 5.74) is 1.51. The first kappa shape index (κ1) is 12.6. The normalized spacial score (nSPS) is 13.3. The number of rotatable bonds is 1. The quantitative estimate of drug-likeness (QED) is 0.597. The van der Waals surface area contributed by atoms with E-state index in [4.69, 9.17) is 5.26 Å². The number of hydrogen-bond donors (Lipinski definition) is 0. The molecule has 0 spiro atoms. The van der Waals surface area contributed by atoms with Crippen molar-refractivity contribution in [2.45, 2.75) is 0 Å². The molecule has 0 aliphatic carbocycles. The van der Waals surface area contributed by atoms with E-state index in [1.165, 1.54) is 18.2 Å². The van der Waals surface area contributed by atoms with Crippen LogP contribution in [0.4, 0.5) is 5.69 Å². The maximum Gasteiger partial charge on any atom is 0.274 e. The molecule has 0 atom stereocenters. The lowest BCUT2D eigenvalue weighted by Crippen LogP contribution is -2.17. The summed E-state index contributed by atoms with van der Waals surface area (Å²) >= 11 is 3.34. The summed E-state index contributed by atoms with van der Waals surface area (Å²) in [7, 11) is 0. The lowest BCUT2D eigenvalue weighted by molar-refractivity contribution is -0.355. The van der Waals surface area contributed by atoms with Crippen molar-refractivity contribution in [3.8, 4) is 6.07 Å². The molecule has 0 saturated heterocycles. The fraction of sp³-hybridized carbons (Fsp3) is 0. The number of Topliss-reactive ketones (excluding diaryl/α,β-unsaturated/α-hetero) is 1. The molecule has 2 aromatic rings. The molecule has 0 N–H and O–H groups in total. The molecule has 0 bridgehead atoms. The van der Waals surface area contributed by atoms with E-state index < -0.39 is 0 Å². The van der Waals surface area contributed by atoms with Crippen molar-refractivity contribution in [2.75, 3.05) is 0 Å². The van der Waals surface area contributed by atoms with Crippen LogP contribution in [0.2, 0.25) is 0 Å². The molecule has 0 unspecified atom stereocenters. The van der Waals surface area contributed by atoms with Crippen molar-refractivity contribution in [3.05, 3.63) is 68.8 Å². The first-order chi connectivity index (χ1) is 9.63. The second-order valence-corrected chi connectivity index (χ2v) is 5.15. The van der Waals surface area contributed by atoms with E-state index in [1.807, 2.05) is 12.1 Å². The fourth-order valence-electron chi connectivity index (χ4n) is 2.19. The predicted octanol–water partition coefficient (Wildman–Crippen LogP) is 3.15. The number of ketones is 1. The molecule has 1 aliphatic heterocycles. The molecule has 0 amide bonds. The minimum absolute atomic E-state index is 0.0718. The summed E-state index contributed by atoms with van der Waals surface area (Å²) < 4.78 is 1.27. The van der Waals surface area contributed by atoms with Crippen molar-refractivity contribution >= 4 is 33.1 Å². The Labute approximate surface area is 123 Å². The van der Waals surface area contributed by atoms with E-state index in [9.17, 15) is 10.0 Å². The molecule has 5 heteroatoms. The molecule has 1 aliphatic rings. The van der Waals surface area contributed by atoms with Gasteiger partial charge in [-0.2, -0.15) is 10.0 Å². The average Bonchev–Trinajstić information content (AvgIpc) is 2.71. The highest BCUT2D eigenvalue weighted by atomic mass is 79.9. The van der Waals surface area contributed by atoms with Gasteiger partial charge < -0.3 is 5.21 Å². The van der Waals surface area contributed by atoms with Crippen molar-refractivity contribution in [2.24, 2.45) is 0 Å². The third-order valence-corrected chi connectivity index (χ3v) is 3.83. The molecule has 1 heterocycles. The van der Waals surface area contributed by atoms with E-state index in [1.54, 1.807) is 18.2 Å². The fourth-order valence-corrected chi connectivity index (χ4v) is 2.66. The summed E-state index contributed by atoms with van der Waals surface area (Å²) in [6, 6.07) is 13.5. The van der Waals surface area contributed by atoms with Gasteiger partial charge in [-0.25, -0.2) is 0 Å². The molecule has 0 saturated carbocycles. The summed E-state index contributed by atoms with van der Waals surface area (Å²) in [5.74, 6) is -0.327. The van der Waals surface area contributed by atoms with Crippen LogP contribution in [0.5, 0.6) is 0 Å². The SMILES string of the molecule is N#Cc1ccc2c(c1)[N+]([O-])=C(c1ccccc1Br)C2=O. The maximum absolute atomic E-state index is 12.4. The first-order valence-electron chi connectivity index (χ1n) is 5.81. The topological polar surface area (TPSA) is 66.9 Å². The predicted molar refractivity (Wildman–Crippen MR) is 77.0 cm³/mol. The standard InChI is InChI=1S/C15H7BrN2O2/c16-12-4-2-1-3-10(12)14-15(19)11-6-5-9(8-17)7-13(11)18(14)20/h1-7H. The van der Waals surface area contributed by atoms with E-state index in [0.29, 0.717) is 25.9 Å². The zero-order valence-corrected chi connectivity index (χ0v) is 11.7. The van der Waals surface area contributed by atoms with E-state index in [0.717, 1.165) is 0 Å². The van der Waals surface area contributed by atoms with Gasteiger partial charge >= 0.3 is 0 Å². The molecule has 3 rings (SSSR count). The molecule has 2 aromatic carbocycles. The summed E-state index contributed by atoms with van der Waals surface area (Å²) in [6.45, 7) is 0. The summed E-state index contributed by atoms with van der Waals surface area (Å²) in [4.78, 5) is 12.4. The number of nitriles is 1. The number of nitrogens with zero attached hydrogens (tertiary/aromatic N) is 2. The second-order valence-electron chi connectivity index (χ2n) is 4.30. The van der Waals surface area contributed by atoms with Crippen LogP contribution in [0.1, 0.15) is 21.5 Å². The monoisotopic (exact) mass is 326 g/mol. The molecule has 0 radical (unpaired) electrons. The molecule has 4 nitrogen and oxygen atoms in total. The van der Waals surface area contributed by atoms with Crippen LogP contribution >= 0.6 is 15.9 Å². The van der Waals surface area contributed by atoms with Crippen LogP contribution in [-0.2, 0) is 0 Å². The Morgan fingerprint density at radius 2 is 1.90 bits per heavy atom. The largest absolute Gasteiger partial charge is 0.618 e. The minimum atomic E-state index is -0.327. The highest BCUT2D eigenvalue weighted by molar-refractivity contribution is 9.10. The summed E-state index contributed by atoms with van der Waals surface area (Å²) in [5, 5.41) is 21.2.